The Hall–Kier alpha value is -1.75. The minimum absolute atomic E-state index is 0.0109. The first kappa shape index (κ1) is 13.7. The number of nitrogens with zero attached hydrogens (tertiary/aromatic N) is 1. The lowest BCUT2D eigenvalue weighted by Gasteiger charge is -2.29. The van der Waals surface area contributed by atoms with E-state index in [2.05, 4.69) is 0 Å². The maximum absolute atomic E-state index is 12.5. The van der Waals surface area contributed by atoms with Crippen molar-refractivity contribution >= 4 is 5.91 Å². The highest BCUT2D eigenvalue weighted by molar-refractivity contribution is 5.97. The van der Waals surface area contributed by atoms with Gasteiger partial charge in [0, 0.05) is 19.1 Å². The van der Waals surface area contributed by atoms with Crippen LogP contribution in [0.15, 0.2) is 18.2 Å². The summed E-state index contributed by atoms with van der Waals surface area (Å²) in [6.45, 7) is 1.07. The summed E-state index contributed by atoms with van der Waals surface area (Å²) < 4.78 is 0. The topological polar surface area (TPSA) is 86.8 Å². The normalized spacial score (nSPS) is 20.1. The summed E-state index contributed by atoms with van der Waals surface area (Å²) in [5, 5.41) is 19.3. The minimum Gasteiger partial charge on any atom is -0.504 e. The largest absolute Gasteiger partial charge is 0.504 e. The molecule has 1 amide bonds. The first-order chi connectivity index (χ1) is 9.15. The van der Waals surface area contributed by atoms with Gasteiger partial charge in [0.15, 0.2) is 11.5 Å². The highest BCUT2D eigenvalue weighted by atomic mass is 16.3. The minimum atomic E-state index is -0.354. The Balaban J connectivity index is 2.28. The molecule has 5 heteroatoms. The van der Waals surface area contributed by atoms with Crippen molar-refractivity contribution in [2.75, 3.05) is 13.1 Å². The van der Waals surface area contributed by atoms with E-state index in [1.165, 1.54) is 12.1 Å². The first-order valence-corrected chi connectivity index (χ1v) is 6.67. The van der Waals surface area contributed by atoms with E-state index in [4.69, 9.17) is 5.73 Å². The zero-order chi connectivity index (χ0) is 13.8. The molecule has 1 aliphatic rings. The molecule has 1 aromatic carbocycles. The van der Waals surface area contributed by atoms with Crippen LogP contribution in [0.25, 0.3) is 0 Å². The average molecular weight is 264 g/mol. The molecule has 1 aromatic rings. The molecule has 19 heavy (non-hydrogen) atoms. The van der Waals surface area contributed by atoms with Crippen molar-refractivity contribution in [2.45, 2.75) is 31.7 Å². The lowest BCUT2D eigenvalue weighted by Crippen LogP contribution is -2.44. The van der Waals surface area contributed by atoms with Crippen molar-refractivity contribution in [3.8, 4) is 11.5 Å². The molecule has 0 aromatic heterocycles. The summed E-state index contributed by atoms with van der Waals surface area (Å²) in [4.78, 5) is 14.2. The van der Waals surface area contributed by atoms with Crippen LogP contribution < -0.4 is 5.73 Å². The maximum atomic E-state index is 12.5. The molecule has 2 rings (SSSR count). The highest BCUT2D eigenvalue weighted by Gasteiger charge is 2.27. The zero-order valence-electron chi connectivity index (χ0n) is 10.9. The number of aromatic hydroxyl groups is 2. The zero-order valence-corrected chi connectivity index (χ0v) is 10.9. The van der Waals surface area contributed by atoms with E-state index < -0.39 is 0 Å². The Labute approximate surface area is 112 Å². The SMILES string of the molecule is NCC1CCCCCN1C(=O)c1cccc(O)c1O. The molecular weight excluding hydrogens is 244 g/mol. The number of para-hydroxylation sites is 1. The van der Waals surface area contributed by atoms with Crippen molar-refractivity contribution < 1.29 is 15.0 Å². The highest BCUT2D eigenvalue weighted by Crippen LogP contribution is 2.30. The van der Waals surface area contributed by atoms with Gasteiger partial charge in [-0.25, -0.2) is 0 Å². The Morgan fingerprint density at radius 2 is 2.11 bits per heavy atom. The van der Waals surface area contributed by atoms with Gasteiger partial charge in [-0.2, -0.15) is 0 Å². The summed E-state index contributed by atoms with van der Waals surface area (Å²) in [6, 6.07) is 4.44. The number of phenols is 2. The molecule has 1 saturated heterocycles. The van der Waals surface area contributed by atoms with Crippen LogP contribution in [0.4, 0.5) is 0 Å². The number of hydrogen-bond donors (Lipinski definition) is 3. The standard InChI is InChI=1S/C14H20N2O3/c15-9-10-5-2-1-3-8-16(10)14(19)11-6-4-7-12(17)13(11)18/h4,6-7,10,17-18H,1-3,5,8-9,15H2. The van der Waals surface area contributed by atoms with Gasteiger partial charge in [0.25, 0.3) is 5.91 Å². The summed E-state index contributed by atoms with van der Waals surface area (Å²) in [5.74, 6) is -0.886. The summed E-state index contributed by atoms with van der Waals surface area (Å²) in [7, 11) is 0. The molecule has 1 unspecified atom stereocenters. The van der Waals surface area contributed by atoms with Gasteiger partial charge in [-0.3, -0.25) is 4.79 Å². The van der Waals surface area contributed by atoms with E-state index in [1.807, 2.05) is 0 Å². The van der Waals surface area contributed by atoms with Crippen molar-refractivity contribution in [3.05, 3.63) is 23.8 Å². The van der Waals surface area contributed by atoms with E-state index in [0.717, 1.165) is 25.7 Å². The number of rotatable bonds is 2. The van der Waals surface area contributed by atoms with Crippen LogP contribution in [0.1, 0.15) is 36.0 Å². The van der Waals surface area contributed by atoms with Crippen molar-refractivity contribution in [3.63, 3.8) is 0 Å². The summed E-state index contributed by atoms with van der Waals surface area (Å²) in [5.41, 5.74) is 5.88. The molecule has 1 fully saturated rings. The molecule has 1 heterocycles. The van der Waals surface area contributed by atoms with Crippen LogP contribution in [-0.2, 0) is 0 Å². The quantitative estimate of drug-likeness (QED) is 0.705. The van der Waals surface area contributed by atoms with Gasteiger partial charge in [0.2, 0.25) is 0 Å². The summed E-state index contributed by atoms with van der Waals surface area (Å²) >= 11 is 0. The summed E-state index contributed by atoms with van der Waals surface area (Å²) in [6.07, 6.45) is 3.99. The molecule has 0 bridgehead atoms. The van der Waals surface area contributed by atoms with Gasteiger partial charge in [-0.05, 0) is 25.0 Å². The first-order valence-electron chi connectivity index (χ1n) is 6.67. The van der Waals surface area contributed by atoms with E-state index >= 15 is 0 Å². The number of phenolic OH excluding ortho intramolecular Hbond substituents is 2. The van der Waals surface area contributed by atoms with Gasteiger partial charge in [0.05, 0.1) is 5.56 Å². The van der Waals surface area contributed by atoms with Gasteiger partial charge in [-0.15, -0.1) is 0 Å². The van der Waals surface area contributed by atoms with Crippen LogP contribution in [0, 0.1) is 0 Å². The molecule has 5 nitrogen and oxygen atoms in total. The van der Waals surface area contributed by atoms with Gasteiger partial charge in [-0.1, -0.05) is 18.9 Å². The van der Waals surface area contributed by atoms with E-state index in [0.29, 0.717) is 13.1 Å². The lowest BCUT2D eigenvalue weighted by atomic mass is 10.1. The average Bonchev–Trinajstić information content (AvgIpc) is 2.66. The predicted octanol–water partition coefficient (Wildman–Crippen LogP) is 1.44. The van der Waals surface area contributed by atoms with Gasteiger partial charge >= 0.3 is 0 Å². The molecule has 4 N–H and O–H groups in total. The van der Waals surface area contributed by atoms with Crippen molar-refractivity contribution in [2.24, 2.45) is 5.73 Å². The number of amides is 1. The molecular formula is C14H20N2O3. The molecule has 0 aliphatic carbocycles. The van der Waals surface area contributed by atoms with E-state index in [9.17, 15) is 15.0 Å². The van der Waals surface area contributed by atoms with Crippen LogP contribution in [-0.4, -0.2) is 40.2 Å². The fourth-order valence-corrected chi connectivity index (χ4v) is 2.55. The monoisotopic (exact) mass is 264 g/mol. The third-order valence-electron chi connectivity index (χ3n) is 3.66. The van der Waals surface area contributed by atoms with Crippen LogP contribution in [0.5, 0.6) is 11.5 Å². The molecule has 0 spiro atoms. The number of carbonyl (C=O) groups excluding carboxylic acids is 1. The predicted molar refractivity (Wildman–Crippen MR) is 72.1 cm³/mol. The second kappa shape index (κ2) is 5.93. The molecule has 1 aliphatic heterocycles. The Morgan fingerprint density at radius 1 is 1.32 bits per heavy atom. The molecule has 104 valence electrons. The Kier molecular flexibility index (Phi) is 4.27. The molecule has 0 radical (unpaired) electrons. The lowest BCUT2D eigenvalue weighted by molar-refractivity contribution is 0.0685. The van der Waals surface area contributed by atoms with Gasteiger partial charge < -0.3 is 20.8 Å². The third-order valence-corrected chi connectivity index (χ3v) is 3.66. The number of nitrogens with two attached hydrogens (primary N) is 1. The third kappa shape index (κ3) is 2.81. The molecule has 0 saturated carbocycles. The number of carbonyl (C=O) groups is 1. The number of benzene rings is 1. The number of likely N-dealkylation sites (tertiary alicyclic amines) is 1. The second-order valence-electron chi connectivity index (χ2n) is 4.91. The fourth-order valence-electron chi connectivity index (χ4n) is 2.55. The maximum Gasteiger partial charge on any atom is 0.258 e. The smallest absolute Gasteiger partial charge is 0.258 e. The Bertz CT molecular complexity index is 462. The fraction of sp³-hybridized carbons (Fsp3) is 0.500. The second-order valence-corrected chi connectivity index (χ2v) is 4.91. The number of hydrogen-bond acceptors (Lipinski definition) is 4. The van der Waals surface area contributed by atoms with E-state index in [1.54, 1.807) is 11.0 Å². The molecule has 1 atom stereocenters. The van der Waals surface area contributed by atoms with Crippen LogP contribution >= 0.6 is 0 Å². The van der Waals surface area contributed by atoms with Crippen molar-refractivity contribution in [1.82, 2.24) is 4.90 Å². The Morgan fingerprint density at radius 3 is 2.84 bits per heavy atom. The van der Waals surface area contributed by atoms with Crippen LogP contribution in [0.3, 0.4) is 0 Å². The van der Waals surface area contributed by atoms with Crippen molar-refractivity contribution in [1.29, 1.82) is 0 Å². The van der Waals surface area contributed by atoms with Crippen LogP contribution in [0.2, 0.25) is 0 Å². The van der Waals surface area contributed by atoms with Gasteiger partial charge in [0.1, 0.15) is 0 Å². The van der Waals surface area contributed by atoms with E-state index in [-0.39, 0.29) is 29.0 Å².